The fourth-order valence-electron chi connectivity index (χ4n) is 3.48. The molecule has 1 amide bonds. The maximum absolute atomic E-state index is 13.0. The largest absolute Gasteiger partial charge is 0.344 e. The monoisotopic (exact) mass is 446 g/mol. The highest BCUT2D eigenvalue weighted by atomic mass is 32.2. The lowest BCUT2D eigenvalue weighted by molar-refractivity contribution is -0.385. The second kappa shape index (κ2) is 9.54. The number of nitro benzene ring substituents is 1. The summed E-state index contributed by atoms with van der Waals surface area (Å²) in [4.78, 5) is 27.8. The number of nitro groups is 1. The number of hydrogen-bond donors (Lipinski definition) is 1. The van der Waals surface area contributed by atoms with Gasteiger partial charge in [0, 0.05) is 56.7 Å². The van der Waals surface area contributed by atoms with Gasteiger partial charge < -0.3 is 10.2 Å². The second-order valence-electron chi connectivity index (χ2n) is 7.79. The van der Waals surface area contributed by atoms with Crippen LogP contribution in [0.15, 0.2) is 53.4 Å². The number of benzene rings is 2. The highest BCUT2D eigenvalue weighted by Gasteiger charge is 2.24. The summed E-state index contributed by atoms with van der Waals surface area (Å²) in [5.41, 5.74) is 0.404. The number of carbonyl (C=O) groups excluding carboxylic acids is 1. The minimum atomic E-state index is -3.72. The van der Waals surface area contributed by atoms with Gasteiger partial charge in [-0.25, -0.2) is 8.42 Å². The summed E-state index contributed by atoms with van der Waals surface area (Å²) in [6, 6.07) is 12.4. The third-order valence-electron chi connectivity index (χ3n) is 5.34. The molecule has 0 radical (unpaired) electrons. The summed E-state index contributed by atoms with van der Waals surface area (Å²) in [5, 5.41) is 14.2. The Morgan fingerprint density at radius 1 is 1.13 bits per heavy atom. The van der Waals surface area contributed by atoms with Gasteiger partial charge >= 0.3 is 0 Å². The molecule has 2 aromatic carbocycles. The van der Waals surface area contributed by atoms with E-state index in [0.29, 0.717) is 6.54 Å². The molecule has 0 bridgehead atoms. The third kappa shape index (κ3) is 6.09. The Balaban J connectivity index is 1.88. The molecule has 9 nitrogen and oxygen atoms in total. The van der Waals surface area contributed by atoms with Crippen LogP contribution in [0, 0.1) is 10.1 Å². The summed E-state index contributed by atoms with van der Waals surface area (Å²) in [6.45, 7) is 4.17. The molecule has 31 heavy (non-hydrogen) atoms. The average Bonchev–Trinajstić information content (AvgIpc) is 2.74. The molecule has 0 saturated carbocycles. The van der Waals surface area contributed by atoms with Crippen molar-refractivity contribution in [3.05, 3.63) is 69.8 Å². The Hall–Kier alpha value is -2.82. The summed E-state index contributed by atoms with van der Waals surface area (Å²) in [5.74, 6) is -0.559. The maximum atomic E-state index is 13.0. The number of rotatable bonds is 7. The highest BCUT2D eigenvalue weighted by Crippen LogP contribution is 2.22. The zero-order valence-corrected chi connectivity index (χ0v) is 18.3. The number of nitrogens with zero attached hydrogens (tertiary/aromatic N) is 3. The molecule has 1 atom stereocenters. The first-order valence-corrected chi connectivity index (χ1v) is 11.8. The molecule has 0 aliphatic carbocycles. The third-order valence-corrected chi connectivity index (χ3v) is 6.43. The van der Waals surface area contributed by atoms with Gasteiger partial charge in [0.05, 0.1) is 15.9 Å². The molecule has 1 aliphatic rings. The minimum absolute atomic E-state index is 0.0612. The van der Waals surface area contributed by atoms with E-state index in [-0.39, 0.29) is 16.5 Å². The van der Waals surface area contributed by atoms with Crippen LogP contribution in [0.1, 0.15) is 22.0 Å². The van der Waals surface area contributed by atoms with Crippen LogP contribution < -0.4 is 5.32 Å². The van der Waals surface area contributed by atoms with Gasteiger partial charge in [-0.1, -0.05) is 30.3 Å². The topological polar surface area (TPSA) is 113 Å². The van der Waals surface area contributed by atoms with Crippen LogP contribution in [0.25, 0.3) is 0 Å². The Labute approximate surface area is 181 Å². The van der Waals surface area contributed by atoms with Crippen molar-refractivity contribution in [2.75, 3.05) is 46.0 Å². The zero-order valence-electron chi connectivity index (χ0n) is 17.5. The van der Waals surface area contributed by atoms with Gasteiger partial charge in [-0.15, -0.1) is 0 Å². The highest BCUT2D eigenvalue weighted by molar-refractivity contribution is 7.90. The number of non-ortho nitro benzene ring substituents is 1. The normalized spacial score (nSPS) is 16.6. The van der Waals surface area contributed by atoms with Crippen molar-refractivity contribution in [3.63, 3.8) is 0 Å². The smallest absolute Gasteiger partial charge is 0.271 e. The predicted octanol–water partition coefficient (Wildman–Crippen LogP) is 1.72. The van der Waals surface area contributed by atoms with Crippen LogP contribution in [0.4, 0.5) is 5.69 Å². The van der Waals surface area contributed by atoms with E-state index in [0.717, 1.165) is 50.1 Å². The van der Waals surface area contributed by atoms with Crippen molar-refractivity contribution < 1.29 is 18.1 Å². The van der Waals surface area contributed by atoms with E-state index in [1.165, 1.54) is 6.07 Å². The second-order valence-corrected chi connectivity index (χ2v) is 9.80. The van der Waals surface area contributed by atoms with E-state index in [1.54, 1.807) is 0 Å². The van der Waals surface area contributed by atoms with Gasteiger partial charge in [0.1, 0.15) is 0 Å². The lowest BCUT2D eigenvalue weighted by Crippen LogP contribution is -2.47. The molecule has 166 valence electrons. The van der Waals surface area contributed by atoms with Crippen LogP contribution >= 0.6 is 0 Å². The van der Waals surface area contributed by atoms with Crippen molar-refractivity contribution in [1.29, 1.82) is 0 Å². The zero-order chi connectivity index (χ0) is 22.6. The molecule has 1 N–H and O–H groups in total. The van der Waals surface area contributed by atoms with Gasteiger partial charge in [0.2, 0.25) is 0 Å². The molecular formula is C21H26N4O5S. The van der Waals surface area contributed by atoms with Gasteiger partial charge in [0.15, 0.2) is 9.84 Å². The number of nitrogens with one attached hydrogen (secondary N) is 1. The molecule has 3 rings (SSSR count). The number of likely N-dealkylation sites (N-methyl/N-ethyl adjacent to an activating group) is 1. The van der Waals surface area contributed by atoms with E-state index in [2.05, 4.69) is 22.2 Å². The van der Waals surface area contributed by atoms with Gasteiger partial charge in [-0.2, -0.15) is 0 Å². The number of carbonyl (C=O) groups is 1. The van der Waals surface area contributed by atoms with Gasteiger partial charge in [0.25, 0.3) is 11.6 Å². The number of amides is 1. The van der Waals surface area contributed by atoms with Crippen LogP contribution in [-0.2, 0) is 9.84 Å². The van der Waals surface area contributed by atoms with Crippen LogP contribution in [0.2, 0.25) is 0 Å². The first kappa shape index (κ1) is 22.9. The quantitative estimate of drug-likeness (QED) is 0.509. The van der Waals surface area contributed by atoms with Crippen LogP contribution in [-0.4, -0.2) is 75.1 Å². The van der Waals surface area contributed by atoms with Crippen molar-refractivity contribution in [2.45, 2.75) is 10.9 Å². The standard InChI is InChI=1S/C21H26N4O5S/c1-23-8-10-24(11-9-23)15-20(16-6-4-3-5-7-16)22-21(26)17-12-18(25(27)28)14-19(13-17)31(2,29)30/h3-7,12-14,20H,8-11,15H2,1-2H3,(H,22,26). The Bertz CT molecular complexity index is 1050. The number of piperazine rings is 1. The summed E-state index contributed by atoms with van der Waals surface area (Å²) in [7, 11) is -1.66. The van der Waals surface area contributed by atoms with Gasteiger partial charge in [-0.3, -0.25) is 19.8 Å². The summed E-state index contributed by atoms with van der Waals surface area (Å²) >= 11 is 0. The minimum Gasteiger partial charge on any atom is -0.344 e. The van der Waals surface area contributed by atoms with E-state index >= 15 is 0 Å². The first-order valence-electron chi connectivity index (χ1n) is 9.90. The predicted molar refractivity (Wildman–Crippen MR) is 117 cm³/mol. The molecule has 1 aliphatic heterocycles. The van der Waals surface area contributed by atoms with E-state index in [4.69, 9.17) is 0 Å². The lowest BCUT2D eigenvalue weighted by atomic mass is 10.0. The fourth-order valence-corrected chi connectivity index (χ4v) is 4.16. The van der Waals surface area contributed by atoms with E-state index in [9.17, 15) is 23.3 Å². The molecule has 1 heterocycles. The molecule has 2 aromatic rings. The molecule has 1 saturated heterocycles. The molecule has 0 spiro atoms. The Kier molecular flexibility index (Phi) is 7.04. The van der Waals surface area contributed by atoms with Crippen molar-refractivity contribution >= 4 is 21.4 Å². The fraction of sp³-hybridized carbons (Fsp3) is 0.381. The van der Waals surface area contributed by atoms with Crippen molar-refractivity contribution in [1.82, 2.24) is 15.1 Å². The van der Waals surface area contributed by atoms with E-state index in [1.807, 2.05) is 30.3 Å². The Morgan fingerprint density at radius 2 is 1.77 bits per heavy atom. The molecule has 1 unspecified atom stereocenters. The van der Waals surface area contributed by atoms with Gasteiger partial charge in [-0.05, 0) is 18.7 Å². The van der Waals surface area contributed by atoms with E-state index < -0.39 is 26.4 Å². The van der Waals surface area contributed by atoms with Crippen LogP contribution in [0.3, 0.4) is 0 Å². The van der Waals surface area contributed by atoms with Crippen molar-refractivity contribution in [3.8, 4) is 0 Å². The molecule has 0 aromatic heterocycles. The molecule has 10 heteroatoms. The summed E-state index contributed by atoms with van der Waals surface area (Å²) in [6.07, 6.45) is 0.952. The molecule has 1 fully saturated rings. The Morgan fingerprint density at radius 3 is 2.35 bits per heavy atom. The lowest BCUT2D eigenvalue weighted by Gasteiger charge is -2.35. The first-order chi connectivity index (χ1) is 14.6. The average molecular weight is 447 g/mol. The van der Waals surface area contributed by atoms with Crippen LogP contribution in [0.5, 0.6) is 0 Å². The maximum Gasteiger partial charge on any atom is 0.271 e. The SMILES string of the molecule is CN1CCN(CC(NC(=O)c2cc([N+](=O)[O-])cc(S(C)(=O)=O)c2)c2ccccc2)CC1. The number of sulfone groups is 1. The molecular weight excluding hydrogens is 420 g/mol. The van der Waals surface area contributed by atoms with Crippen molar-refractivity contribution in [2.24, 2.45) is 0 Å². The summed E-state index contributed by atoms with van der Waals surface area (Å²) < 4.78 is 23.9. The number of hydrogen-bond acceptors (Lipinski definition) is 7.